The second-order valence-electron chi connectivity index (χ2n) is 9.50. The van der Waals surface area contributed by atoms with Gasteiger partial charge in [-0.15, -0.1) is 0 Å². The van der Waals surface area contributed by atoms with E-state index in [0.717, 1.165) is 0 Å². The summed E-state index contributed by atoms with van der Waals surface area (Å²) in [4.78, 5) is 61.7. The maximum atomic E-state index is 13.4. The van der Waals surface area contributed by atoms with Gasteiger partial charge >= 0.3 is 11.9 Å². The Kier molecular flexibility index (Phi) is 15.9. The number of nitrogens with one attached hydrogen (secondary N) is 3. The quantitative estimate of drug-likeness (QED) is 0.0857. The number of hydrogen-bond acceptors (Lipinski definition) is 9. The summed E-state index contributed by atoms with van der Waals surface area (Å²) in [6, 6.07) is 1.22. The molecule has 3 amide bonds. The van der Waals surface area contributed by atoms with Crippen molar-refractivity contribution in [3.05, 3.63) is 29.8 Å². The van der Waals surface area contributed by atoms with Crippen molar-refractivity contribution < 1.29 is 39.3 Å². The van der Waals surface area contributed by atoms with Crippen LogP contribution in [0.3, 0.4) is 0 Å². The first kappa shape index (κ1) is 34.3. The molecule has 1 rings (SSSR count). The lowest BCUT2D eigenvalue weighted by molar-refractivity contribution is -0.142. The Balaban J connectivity index is 3.11. The van der Waals surface area contributed by atoms with Crippen molar-refractivity contribution in [3.63, 3.8) is 0 Å². The topological polar surface area (TPSA) is 260 Å². The number of unbranched alkanes of at least 4 members (excludes halogenated alkanes) is 2. The van der Waals surface area contributed by atoms with Crippen LogP contribution in [0, 0.1) is 0 Å². The third-order valence-electron chi connectivity index (χ3n) is 6.16. The van der Waals surface area contributed by atoms with Gasteiger partial charge in [-0.1, -0.05) is 12.1 Å². The number of rotatable bonds is 20. The molecular weight excluding hydrogens is 524 g/mol. The van der Waals surface area contributed by atoms with Crippen LogP contribution in [0.25, 0.3) is 0 Å². The molecule has 14 nitrogen and oxygen atoms in total. The van der Waals surface area contributed by atoms with Crippen molar-refractivity contribution in [1.82, 2.24) is 16.0 Å². The van der Waals surface area contributed by atoms with E-state index in [1.54, 1.807) is 12.1 Å². The van der Waals surface area contributed by atoms with E-state index in [4.69, 9.17) is 22.3 Å². The third-order valence-corrected chi connectivity index (χ3v) is 6.16. The Morgan fingerprint density at radius 3 is 1.73 bits per heavy atom. The number of carbonyl (C=O) groups is 5. The second-order valence-corrected chi connectivity index (χ2v) is 9.50. The fourth-order valence-corrected chi connectivity index (χ4v) is 3.82. The van der Waals surface area contributed by atoms with Crippen LogP contribution in [-0.2, 0) is 30.4 Å². The lowest BCUT2D eigenvalue weighted by Gasteiger charge is -2.25. The molecule has 0 bridgehead atoms. The van der Waals surface area contributed by atoms with E-state index in [1.165, 1.54) is 12.1 Å². The normalized spacial score (nSPS) is 13.9. The molecule has 0 aliphatic heterocycles. The van der Waals surface area contributed by atoms with Crippen LogP contribution in [0.5, 0.6) is 5.75 Å². The van der Waals surface area contributed by atoms with Gasteiger partial charge in [-0.05, 0) is 75.7 Å². The van der Waals surface area contributed by atoms with E-state index >= 15 is 0 Å². The van der Waals surface area contributed by atoms with Crippen molar-refractivity contribution in [2.45, 2.75) is 82.0 Å². The minimum atomic E-state index is -1.22. The first-order chi connectivity index (χ1) is 19.0. The standard InChI is InChI=1S/C26H42N6O8/c27-13-3-1-5-19(24(37)31-20(26(39)40)6-2-4-14-28)30-25(38)21(15-16-7-9-17(33)10-8-16)32-23(36)18(29)11-12-22(34)35/h7-10,18-21,33H,1-6,11-15,27-29H2,(H,30,38)(H,31,37)(H,32,36)(H,34,35)(H,39,40). The molecule has 0 aliphatic carbocycles. The molecule has 4 unspecified atom stereocenters. The molecule has 0 saturated carbocycles. The molecule has 0 fully saturated rings. The number of carboxylic acid groups (broad SMARTS) is 2. The highest BCUT2D eigenvalue weighted by Crippen LogP contribution is 2.13. The van der Waals surface area contributed by atoms with Crippen LogP contribution < -0.4 is 33.2 Å². The summed E-state index contributed by atoms with van der Waals surface area (Å²) >= 11 is 0. The van der Waals surface area contributed by atoms with E-state index in [9.17, 15) is 34.2 Å². The summed E-state index contributed by atoms with van der Waals surface area (Å²) in [6.45, 7) is 0.735. The van der Waals surface area contributed by atoms with Crippen LogP contribution in [0.4, 0.5) is 0 Å². The number of aromatic hydroxyl groups is 1. The summed E-state index contributed by atoms with van der Waals surface area (Å²) in [7, 11) is 0. The number of nitrogens with two attached hydrogens (primary N) is 3. The minimum absolute atomic E-state index is 0.000524. The van der Waals surface area contributed by atoms with Crippen LogP contribution in [0.15, 0.2) is 24.3 Å². The van der Waals surface area contributed by atoms with Crippen molar-refractivity contribution in [3.8, 4) is 5.75 Å². The summed E-state index contributed by atoms with van der Waals surface area (Å²) in [5.41, 5.74) is 17.4. The van der Waals surface area contributed by atoms with Gasteiger partial charge in [-0.2, -0.15) is 0 Å². The molecule has 0 aromatic heterocycles. The van der Waals surface area contributed by atoms with Gasteiger partial charge in [0.15, 0.2) is 0 Å². The number of phenolic OH excluding ortho intramolecular Hbond substituents is 1. The number of hydrogen-bond donors (Lipinski definition) is 9. The van der Waals surface area contributed by atoms with Crippen LogP contribution in [0.1, 0.15) is 56.9 Å². The van der Waals surface area contributed by atoms with Gasteiger partial charge in [-0.25, -0.2) is 4.79 Å². The summed E-state index contributed by atoms with van der Waals surface area (Å²) in [5.74, 6) is -4.52. The number of amides is 3. The largest absolute Gasteiger partial charge is 0.508 e. The summed E-state index contributed by atoms with van der Waals surface area (Å²) in [5, 5.41) is 35.6. The van der Waals surface area contributed by atoms with Gasteiger partial charge in [0.1, 0.15) is 23.9 Å². The van der Waals surface area contributed by atoms with E-state index in [2.05, 4.69) is 16.0 Å². The molecule has 0 aliphatic rings. The Morgan fingerprint density at radius 2 is 1.20 bits per heavy atom. The predicted molar refractivity (Wildman–Crippen MR) is 146 cm³/mol. The van der Waals surface area contributed by atoms with Crippen LogP contribution in [0.2, 0.25) is 0 Å². The van der Waals surface area contributed by atoms with Gasteiger partial charge in [0.25, 0.3) is 0 Å². The Hall–Kier alpha value is -3.75. The predicted octanol–water partition coefficient (Wildman–Crippen LogP) is -1.08. The highest BCUT2D eigenvalue weighted by molar-refractivity contribution is 5.94. The number of carboxylic acids is 2. The zero-order chi connectivity index (χ0) is 30.1. The lowest BCUT2D eigenvalue weighted by Crippen LogP contribution is -2.57. The average Bonchev–Trinajstić information content (AvgIpc) is 2.91. The van der Waals surface area contributed by atoms with E-state index in [1.807, 2.05) is 0 Å². The Labute approximate surface area is 233 Å². The third kappa shape index (κ3) is 13.4. The monoisotopic (exact) mass is 566 g/mol. The first-order valence-electron chi connectivity index (χ1n) is 13.3. The fraction of sp³-hybridized carbons (Fsp3) is 0.577. The molecule has 224 valence electrons. The van der Waals surface area contributed by atoms with Gasteiger partial charge in [-0.3, -0.25) is 19.2 Å². The van der Waals surface area contributed by atoms with Crippen molar-refractivity contribution in [1.29, 1.82) is 0 Å². The molecule has 0 radical (unpaired) electrons. The molecule has 14 heteroatoms. The van der Waals surface area contributed by atoms with E-state index in [-0.39, 0.29) is 37.9 Å². The Morgan fingerprint density at radius 1 is 0.700 bits per heavy atom. The molecule has 0 spiro atoms. The summed E-state index contributed by atoms with van der Waals surface area (Å²) in [6.07, 6.45) is 1.90. The highest BCUT2D eigenvalue weighted by Gasteiger charge is 2.30. The molecule has 40 heavy (non-hydrogen) atoms. The maximum Gasteiger partial charge on any atom is 0.326 e. The molecule has 0 heterocycles. The molecule has 0 saturated heterocycles. The SMILES string of the molecule is NCCCCC(NC(=O)C(CCCCN)NC(=O)C(Cc1ccc(O)cc1)NC(=O)C(N)CCC(=O)O)C(=O)O. The molecule has 1 aromatic carbocycles. The highest BCUT2D eigenvalue weighted by atomic mass is 16.4. The first-order valence-corrected chi connectivity index (χ1v) is 13.3. The van der Waals surface area contributed by atoms with Crippen molar-refractivity contribution in [2.75, 3.05) is 13.1 Å². The fourth-order valence-electron chi connectivity index (χ4n) is 3.82. The van der Waals surface area contributed by atoms with Crippen molar-refractivity contribution in [2.24, 2.45) is 17.2 Å². The van der Waals surface area contributed by atoms with Gasteiger partial charge in [0, 0.05) is 12.8 Å². The van der Waals surface area contributed by atoms with E-state index in [0.29, 0.717) is 44.3 Å². The summed E-state index contributed by atoms with van der Waals surface area (Å²) < 4.78 is 0. The zero-order valence-corrected chi connectivity index (χ0v) is 22.5. The van der Waals surface area contributed by atoms with Crippen LogP contribution >= 0.6 is 0 Å². The molecule has 12 N–H and O–H groups in total. The van der Waals surface area contributed by atoms with Gasteiger partial charge in [0.2, 0.25) is 17.7 Å². The number of phenols is 1. The Bertz CT molecular complexity index is 974. The van der Waals surface area contributed by atoms with E-state index < -0.39 is 53.8 Å². The molecular formula is C26H42N6O8. The number of benzene rings is 1. The van der Waals surface area contributed by atoms with Gasteiger partial charge < -0.3 is 48.5 Å². The minimum Gasteiger partial charge on any atom is -0.508 e. The lowest BCUT2D eigenvalue weighted by atomic mass is 10.0. The molecule has 4 atom stereocenters. The second kappa shape index (κ2) is 18.5. The molecule has 1 aromatic rings. The smallest absolute Gasteiger partial charge is 0.326 e. The average molecular weight is 567 g/mol. The number of aliphatic carboxylic acids is 2. The number of carbonyl (C=O) groups excluding carboxylic acids is 3. The van der Waals surface area contributed by atoms with Crippen LogP contribution in [-0.4, -0.2) is 82.2 Å². The van der Waals surface area contributed by atoms with Gasteiger partial charge in [0.05, 0.1) is 6.04 Å². The van der Waals surface area contributed by atoms with Crippen molar-refractivity contribution >= 4 is 29.7 Å². The zero-order valence-electron chi connectivity index (χ0n) is 22.5. The maximum absolute atomic E-state index is 13.4.